The topological polar surface area (TPSA) is 62.8 Å². The summed E-state index contributed by atoms with van der Waals surface area (Å²) >= 11 is 6.06. The highest BCUT2D eigenvalue weighted by Gasteiger charge is 2.52. The molecule has 1 aliphatic heterocycles. The molecule has 182 valence electrons. The molecule has 2 amide bonds. The van der Waals surface area contributed by atoms with E-state index in [1.807, 2.05) is 18.2 Å². The van der Waals surface area contributed by atoms with Crippen molar-refractivity contribution in [3.63, 3.8) is 0 Å². The van der Waals surface area contributed by atoms with Gasteiger partial charge in [-0.2, -0.15) is 0 Å². The van der Waals surface area contributed by atoms with Gasteiger partial charge in [0.15, 0.2) is 11.5 Å². The van der Waals surface area contributed by atoms with Crippen LogP contribution in [0.3, 0.4) is 0 Å². The number of hydrogen-bond donors (Lipinski definition) is 2. The van der Waals surface area contributed by atoms with Gasteiger partial charge in [-0.05, 0) is 86.9 Å². The average Bonchev–Trinajstić information content (AvgIpc) is 3.58. The molecule has 2 N–H and O–H groups in total. The predicted octanol–water partition coefficient (Wildman–Crippen LogP) is 5.45. The van der Waals surface area contributed by atoms with Crippen molar-refractivity contribution in [2.75, 3.05) is 32.6 Å². The molecule has 7 heteroatoms. The van der Waals surface area contributed by atoms with Crippen LogP contribution in [-0.4, -0.2) is 50.3 Å². The first kappa shape index (κ1) is 23.3. The van der Waals surface area contributed by atoms with Crippen molar-refractivity contribution in [1.29, 1.82) is 0 Å². The van der Waals surface area contributed by atoms with E-state index in [1.54, 1.807) is 26.4 Å². The predicted molar refractivity (Wildman–Crippen MR) is 135 cm³/mol. The van der Waals surface area contributed by atoms with E-state index in [1.165, 1.54) is 24.9 Å². The molecule has 2 aromatic carbocycles. The first-order valence-electron chi connectivity index (χ1n) is 12.3. The van der Waals surface area contributed by atoms with Crippen LogP contribution in [0.5, 0.6) is 11.5 Å². The molecule has 2 saturated carbocycles. The van der Waals surface area contributed by atoms with Gasteiger partial charge in [0.05, 0.1) is 14.2 Å². The normalized spacial score (nSPS) is 26.6. The lowest BCUT2D eigenvalue weighted by Gasteiger charge is -2.45. The summed E-state index contributed by atoms with van der Waals surface area (Å²) in [6.45, 7) is 2.28. The van der Waals surface area contributed by atoms with Crippen LogP contribution < -0.4 is 20.1 Å². The number of amides is 2. The summed E-state index contributed by atoms with van der Waals surface area (Å²) in [7, 11) is 3.38. The fourth-order valence-electron chi connectivity index (χ4n) is 6.03. The van der Waals surface area contributed by atoms with Gasteiger partial charge < -0.3 is 20.1 Å². The number of hydrogen-bond acceptors (Lipinski definition) is 4. The van der Waals surface area contributed by atoms with E-state index in [-0.39, 0.29) is 17.5 Å². The summed E-state index contributed by atoms with van der Waals surface area (Å²) in [5, 5.41) is 6.78. The van der Waals surface area contributed by atoms with Gasteiger partial charge in [-0.15, -0.1) is 0 Å². The van der Waals surface area contributed by atoms with E-state index in [0.29, 0.717) is 16.8 Å². The Morgan fingerprint density at radius 2 is 1.91 bits per heavy atom. The number of carbonyl (C=O) groups is 1. The summed E-state index contributed by atoms with van der Waals surface area (Å²) in [5.74, 6) is 2.38. The van der Waals surface area contributed by atoms with E-state index in [9.17, 15) is 4.79 Å². The van der Waals surface area contributed by atoms with Crippen molar-refractivity contribution in [3.8, 4) is 11.5 Å². The molecular formula is C27H34ClN3O3. The van der Waals surface area contributed by atoms with E-state index in [2.05, 4.69) is 27.7 Å². The third-order valence-corrected chi connectivity index (χ3v) is 8.17. The molecule has 3 fully saturated rings. The lowest BCUT2D eigenvalue weighted by Crippen LogP contribution is -2.53. The molecule has 0 radical (unpaired) electrons. The summed E-state index contributed by atoms with van der Waals surface area (Å²) in [6, 6.07) is 14.0. The van der Waals surface area contributed by atoms with Crippen molar-refractivity contribution in [2.45, 2.75) is 56.0 Å². The molecule has 3 aliphatic rings. The van der Waals surface area contributed by atoms with E-state index < -0.39 is 0 Å². The molecule has 6 nitrogen and oxygen atoms in total. The van der Waals surface area contributed by atoms with Gasteiger partial charge >= 0.3 is 6.03 Å². The highest BCUT2D eigenvalue weighted by molar-refractivity contribution is 6.30. The van der Waals surface area contributed by atoms with Crippen molar-refractivity contribution >= 4 is 23.3 Å². The van der Waals surface area contributed by atoms with Crippen molar-refractivity contribution in [3.05, 3.63) is 53.1 Å². The molecule has 0 spiro atoms. The zero-order chi connectivity index (χ0) is 23.7. The Hall–Kier alpha value is -2.44. The second-order valence-corrected chi connectivity index (χ2v) is 10.4. The van der Waals surface area contributed by atoms with Crippen LogP contribution >= 0.6 is 11.6 Å². The second-order valence-electron chi connectivity index (χ2n) is 10.0. The third-order valence-electron chi connectivity index (χ3n) is 7.94. The molecule has 2 aliphatic carbocycles. The van der Waals surface area contributed by atoms with Gasteiger partial charge in [-0.1, -0.05) is 23.7 Å². The fraction of sp³-hybridized carbons (Fsp3) is 0.519. The number of likely N-dealkylation sites (tertiary alicyclic amines) is 1. The molecule has 2 aromatic rings. The third kappa shape index (κ3) is 4.71. The summed E-state index contributed by atoms with van der Waals surface area (Å²) in [6.07, 6.45) is 6.76. The molecule has 0 bridgehead atoms. The average molecular weight is 484 g/mol. The van der Waals surface area contributed by atoms with Crippen LogP contribution in [0.25, 0.3) is 0 Å². The van der Waals surface area contributed by atoms with E-state index >= 15 is 0 Å². The SMILES string of the molecule is COc1ccc([C@@]23CC[C@@H](NC(=O)Nc4cccc(Cl)c4)C[C@@H]2N(CC2CC2)CC3)cc1OC. The second kappa shape index (κ2) is 9.67. The standard InChI is InChI=1S/C27H34ClN3O3/c1-33-23-9-8-19(14-24(23)34-2)27-11-10-22(16-25(27)31(13-12-27)17-18-6-7-18)30-26(32)29-21-5-3-4-20(28)15-21/h3-5,8-9,14-15,18,22,25H,6-7,10-13,16-17H2,1-2H3,(H2,29,30,32)/t22-,25+,27+/m1/s1. The number of benzene rings is 2. The van der Waals surface area contributed by atoms with Crippen LogP contribution in [0, 0.1) is 5.92 Å². The minimum atomic E-state index is -0.169. The lowest BCUT2D eigenvalue weighted by molar-refractivity contribution is 0.132. The molecule has 1 saturated heterocycles. The monoisotopic (exact) mass is 483 g/mol. The number of urea groups is 1. The molecular weight excluding hydrogens is 450 g/mol. The Morgan fingerprint density at radius 1 is 1.09 bits per heavy atom. The summed E-state index contributed by atoms with van der Waals surface area (Å²) in [4.78, 5) is 15.4. The van der Waals surface area contributed by atoms with Crippen LogP contribution in [0.4, 0.5) is 10.5 Å². The summed E-state index contributed by atoms with van der Waals surface area (Å²) < 4.78 is 11.1. The smallest absolute Gasteiger partial charge is 0.319 e. The molecule has 34 heavy (non-hydrogen) atoms. The Morgan fingerprint density at radius 3 is 2.65 bits per heavy atom. The molecule has 5 rings (SSSR count). The minimum absolute atomic E-state index is 0.0794. The molecule has 0 unspecified atom stereocenters. The van der Waals surface area contributed by atoms with Crippen LogP contribution in [0.1, 0.15) is 44.1 Å². The minimum Gasteiger partial charge on any atom is -0.493 e. The van der Waals surface area contributed by atoms with Crippen LogP contribution in [0.2, 0.25) is 5.02 Å². The van der Waals surface area contributed by atoms with Crippen LogP contribution in [0.15, 0.2) is 42.5 Å². The Labute approximate surface area is 206 Å². The highest BCUT2D eigenvalue weighted by Crippen LogP contribution is 2.51. The maximum atomic E-state index is 12.7. The number of nitrogens with zero attached hydrogens (tertiary/aromatic N) is 1. The van der Waals surface area contributed by atoms with E-state index in [4.69, 9.17) is 21.1 Å². The number of nitrogens with one attached hydrogen (secondary N) is 2. The zero-order valence-corrected chi connectivity index (χ0v) is 20.7. The quantitative estimate of drug-likeness (QED) is 0.549. The molecule has 0 aromatic heterocycles. The zero-order valence-electron chi connectivity index (χ0n) is 20.0. The van der Waals surface area contributed by atoms with Crippen molar-refractivity contribution in [2.24, 2.45) is 5.92 Å². The number of anilines is 1. The van der Waals surface area contributed by atoms with Crippen LogP contribution in [-0.2, 0) is 5.41 Å². The molecule has 3 atom stereocenters. The maximum Gasteiger partial charge on any atom is 0.319 e. The first-order chi connectivity index (χ1) is 16.5. The number of methoxy groups -OCH3 is 2. The number of fused-ring (bicyclic) bond motifs is 1. The number of halogens is 1. The largest absolute Gasteiger partial charge is 0.493 e. The van der Waals surface area contributed by atoms with Gasteiger partial charge in [-0.3, -0.25) is 4.90 Å². The summed E-state index contributed by atoms with van der Waals surface area (Å²) in [5.41, 5.74) is 2.11. The Kier molecular flexibility index (Phi) is 6.63. The van der Waals surface area contributed by atoms with Gasteiger partial charge in [0.1, 0.15) is 0 Å². The Bertz CT molecular complexity index is 1040. The first-order valence-corrected chi connectivity index (χ1v) is 12.7. The van der Waals surface area contributed by atoms with E-state index in [0.717, 1.165) is 49.6 Å². The maximum absolute atomic E-state index is 12.7. The number of ether oxygens (including phenoxy) is 2. The van der Waals surface area contributed by atoms with Gasteiger partial charge in [-0.25, -0.2) is 4.79 Å². The number of carbonyl (C=O) groups excluding carboxylic acids is 1. The number of rotatable bonds is 7. The van der Waals surface area contributed by atoms with Crippen molar-refractivity contribution in [1.82, 2.24) is 10.2 Å². The molecule has 1 heterocycles. The Balaban J connectivity index is 1.34. The van der Waals surface area contributed by atoms with Crippen molar-refractivity contribution < 1.29 is 14.3 Å². The van der Waals surface area contributed by atoms with Gasteiger partial charge in [0, 0.05) is 34.8 Å². The van der Waals surface area contributed by atoms with Gasteiger partial charge in [0.25, 0.3) is 0 Å². The fourth-order valence-corrected chi connectivity index (χ4v) is 6.22. The lowest BCUT2D eigenvalue weighted by atomic mass is 9.65. The highest BCUT2D eigenvalue weighted by atomic mass is 35.5. The van der Waals surface area contributed by atoms with Gasteiger partial charge in [0.2, 0.25) is 0 Å².